The monoisotopic (exact) mass is 486 g/mol. The predicted molar refractivity (Wildman–Crippen MR) is 124 cm³/mol. The van der Waals surface area contributed by atoms with Crippen molar-refractivity contribution in [3.8, 4) is 5.75 Å². The van der Waals surface area contributed by atoms with Crippen LogP contribution in [0.4, 0.5) is 0 Å². The van der Waals surface area contributed by atoms with E-state index >= 15 is 0 Å². The molecular weight excluding hydrogens is 460 g/mol. The number of likely N-dealkylation sites (N-methyl/N-ethyl adjacent to an activating group) is 1. The summed E-state index contributed by atoms with van der Waals surface area (Å²) in [7, 11) is 3.82. The van der Waals surface area contributed by atoms with Crippen molar-refractivity contribution in [2.24, 2.45) is 0 Å². The molecule has 0 aliphatic carbocycles. The lowest BCUT2D eigenvalue weighted by Crippen LogP contribution is -2.35. The summed E-state index contributed by atoms with van der Waals surface area (Å²) >= 11 is 3.46. The minimum atomic E-state index is -0.674. The summed E-state index contributed by atoms with van der Waals surface area (Å²) in [6.45, 7) is 3.60. The van der Waals surface area contributed by atoms with Crippen molar-refractivity contribution in [3.05, 3.63) is 69.7 Å². The first-order chi connectivity index (χ1) is 14.8. The highest BCUT2D eigenvalue weighted by molar-refractivity contribution is 9.10. The van der Waals surface area contributed by atoms with Crippen LogP contribution in [-0.4, -0.2) is 60.4 Å². The van der Waals surface area contributed by atoms with Gasteiger partial charge in [0.05, 0.1) is 18.2 Å². The minimum Gasteiger partial charge on any atom is -0.507 e. The van der Waals surface area contributed by atoms with Gasteiger partial charge in [0.2, 0.25) is 0 Å². The number of aliphatic hydroxyl groups excluding tert-OH is 1. The highest BCUT2D eigenvalue weighted by Gasteiger charge is 2.45. The second-order valence-electron chi connectivity index (χ2n) is 7.72. The molecule has 1 aliphatic rings. The van der Waals surface area contributed by atoms with Crippen molar-refractivity contribution in [3.63, 3.8) is 0 Å². The van der Waals surface area contributed by atoms with Gasteiger partial charge in [-0.3, -0.25) is 9.59 Å². The van der Waals surface area contributed by atoms with Gasteiger partial charge in [0, 0.05) is 23.1 Å². The van der Waals surface area contributed by atoms with Crippen molar-refractivity contribution < 1.29 is 19.4 Å². The summed E-state index contributed by atoms with van der Waals surface area (Å²) in [5.41, 5.74) is 1.33. The number of carbonyl (C=O) groups is 2. The molecule has 31 heavy (non-hydrogen) atoms. The maximum absolute atomic E-state index is 13.0. The normalized spacial score (nSPS) is 18.1. The molecule has 1 fully saturated rings. The smallest absolute Gasteiger partial charge is 0.295 e. The number of nitrogens with zero attached hydrogens (tertiary/aromatic N) is 2. The lowest BCUT2D eigenvalue weighted by Gasteiger charge is -2.26. The maximum atomic E-state index is 13.0. The maximum Gasteiger partial charge on any atom is 0.295 e. The molecule has 2 aromatic rings. The zero-order valence-electron chi connectivity index (χ0n) is 18.0. The fourth-order valence-electron chi connectivity index (χ4n) is 3.53. The van der Waals surface area contributed by atoms with E-state index < -0.39 is 17.7 Å². The van der Waals surface area contributed by atoms with E-state index in [0.717, 1.165) is 16.5 Å². The van der Waals surface area contributed by atoms with Crippen LogP contribution < -0.4 is 4.74 Å². The van der Waals surface area contributed by atoms with E-state index in [1.807, 2.05) is 50.2 Å². The standard InChI is InChI=1S/C24H27BrN2O4/c1-4-14-31-19-10-8-16(9-11-19)22(28)20-21(17-6-5-7-18(25)15-17)27(13-12-26(2)3)24(30)23(20)29/h5-11,15,21,28H,4,12-14H2,1-3H3/t21-/m0/s1. The van der Waals surface area contributed by atoms with E-state index in [2.05, 4.69) is 15.9 Å². The van der Waals surface area contributed by atoms with E-state index in [0.29, 0.717) is 31.0 Å². The van der Waals surface area contributed by atoms with Crippen LogP contribution in [0.1, 0.15) is 30.5 Å². The van der Waals surface area contributed by atoms with Gasteiger partial charge in [-0.25, -0.2) is 0 Å². The number of carbonyl (C=O) groups excluding carboxylic acids is 2. The number of hydrogen-bond acceptors (Lipinski definition) is 5. The zero-order valence-corrected chi connectivity index (χ0v) is 19.6. The fraction of sp³-hybridized carbons (Fsp3) is 0.333. The summed E-state index contributed by atoms with van der Waals surface area (Å²) < 4.78 is 6.43. The number of halogens is 1. The molecule has 0 spiro atoms. The Morgan fingerprint density at radius 2 is 1.87 bits per heavy atom. The molecule has 0 saturated carbocycles. The van der Waals surface area contributed by atoms with Crippen LogP contribution >= 0.6 is 15.9 Å². The van der Waals surface area contributed by atoms with Crippen LogP contribution in [0.15, 0.2) is 58.6 Å². The molecule has 0 radical (unpaired) electrons. The van der Waals surface area contributed by atoms with E-state index in [1.54, 1.807) is 24.3 Å². The highest BCUT2D eigenvalue weighted by atomic mass is 79.9. The second-order valence-corrected chi connectivity index (χ2v) is 8.64. The predicted octanol–water partition coefficient (Wildman–Crippen LogP) is 4.22. The van der Waals surface area contributed by atoms with Gasteiger partial charge in [-0.05, 0) is 62.5 Å². The van der Waals surface area contributed by atoms with Crippen LogP contribution in [0.2, 0.25) is 0 Å². The molecule has 1 aliphatic heterocycles. The van der Waals surface area contributed by atoms with Crippen molar-refractivity contribution in [1.29, 1.82) is 0 Å². The Morgan fingerprint density at radius 1 is 1.16 bits per heavy atom. The highest BCUT2D eigenvalue weighted by Crippen LogP contribution is 2.40. The molecule has 1 saturated heterocycles. The van der Waals surface area contributed by atoms with Crippen molar-refractivity contribution >= 4 is 33.4 Å². The Bertz CT molecular complexity index is 985. The van der Waals surface area contributed by atoms with Gasteiger partial charge in [0.25, 0.3) is 11.7 Å². The van der Waals surface area contributed by atoms with Gasteiger partial charge in [-0.1, -0.05) is 35.0 Å². The summed E-state index contributed by atoms with van der Waals surface area (Å²) in [6.07, 6.45) is 0.894. The molecule has 0 unspecified atom stereocenters. The first-order valence-electron chi connectivity index (χ1n) is 10.2. The molecule has 6 nitrogen and oxygen atoms in total. The van der Waals surface area contributed by atoms with Gasteiger partial charge in [0.1, 0.15) is 11.5 Å². The number of ether oxygens (including phenoxy) is 1. The zero-order chi connectivity index (χ0) is 22.5. The summed E-state index contributed by atoms with van der Waals surface area (Å²) in [5.74, 6) is -0.769. The van der Waals surface area contributed by atoms with Crippen LogP contribution in [0.3, 0.4) is 0 Å². The van der Waals surface area contributed by atoms with Crippen LogP contribution in [0.25, 0.3) is 5.76 Å². The largest absolute Gasteiger partial charge is 0.507 e. The lowest BCUT2D eigenvalue weighted by atomic mass is 9.95. The first kappa shape index (κ1) is 23.0. The number of hydrogen-bond donors (Lipinski definition) is 1. The number of likely N-dealkylation sites (tertiary alicyclic amines) is 1. The second kappa shape index (κ2) is 10.1. The summed E-state index contributed by atoms with van der Waals surface area (Å²) in [5, 5.41) is 11.1. The Hall–Kier alpha value is -2.64. The molecular formula is C24H27BrN2O4. The van der Waals surface area contributed by atoms with Crippen LogP contribution in [0, 0.1) is 0 Å². The number of rotatable bonds is 8. The molecule has 164 valence electrons. The average molecular weight is 487 g/mol. The van der Waals surface area contributed by atoms with Gasteiger partial charge >= 0.3 is 0 Å². The Kier molecular flexibility index (Phi) is 7.51. The lowest BCUT2D eigenvalue weighted by molar-refractivity contribution is -0.140. The van der Waals surface area contributed by atoms with Crippen molar-refractivity contribution in [1.82, 2.24) is 9.80 Å². The molecule has 0 bridgehead atoms. The minimum absolute atomic E-state index is 0.101. The molecule has 7 heteroatoms. The quantitative estimate of drug-likeness (QED) is 0.343. The fourth-order valence-corrected chi connectivity index (χ4v) is 3.94. The summed E-state index contributed by atoms with van der Waals surface area (Å²) in [4.78, 5) is 29.4. The number of ketones is 1. The molecule has 0 aromatic heterocycles. The molecule has 3 rings (SSSR count). The number of benzene rings is 2. The molecule has 1 heterocycles. The third kappa shape index (κ3) is 5.17. The average Bonchev–Trinajstić information content (AvgIpc) is 3.01. The molecule has 1 atom stereocenters. The topological polar surface area (TPSA) is 70.1 Å². The van der Waals surface area contributed by atoms with Gasteiger partial charge in [-0.15, -0.1) is 0 Å². The molecule has 1 N–H and O–H groups in total. The molecule has 2 aromatic carbocycles. The van der Waals surface area contributed by atoms with E-state index in [-0.39, 0.29) is 11.3 Å². The van der Waals surface area contributed by atoms with Gasteiger partial charge in [-0.2, -0.15) is 0 Å². The van der Waals surface area contributed by atoms with Crippen LogP contribution in [-0.2, 0) is 9.59 Å². The third-order valence-corrected chi connectivity index (χ3v) is 5.59. The third-order valence-electron chi connectivity index (χ3n) is 5.09. The van der Waals surface area contributed by atoms with Crippen molar-refractivity contribution in [2.75, 3.05) is 33.8 Å². The van der Waals surface area contributed by atoms with Gasteiger partial charge < -0.3 is 19.6 Å². The number of aliphatic hydroxyl groups is 1. The Morgan fingerprint density at radius 3 is 2.48 bits per heavy atom. The Balaban J connectivity index is 2.06. The van der Waals surface area contributed by atoms with E-state index in [1.165, 1.54) is 4.90 Å². The van der Waals surface area contributed by atoms with E-state index in [9.17, 15) is 14.7 Å². The summed E-state index contributed by atoms with van der Waals surface area (Å²) in [6, 6.07) is 13.7. The Labute approximate surface area is 191 Å². The molecule has 1 amide bonds. The van der Waals surface area contributed by atoms with Crippen LogP contribution in [0.5, 0.6) is 5.75 Å². The first-order valence-corrected chi connectivity index (χ1v) is 11.0. The SMILES string of the molecule is CCCOc1ccc(C(O)=C2C(=O)C(=O)N(CCN(C)C)[C@H]2c2cccc(Br)c2)cc1. The van der Waals surface area contributed by atoms with E-state index in [4.69, 9.17) is 4.74 Å². The number of amides is 1. The van der Waals surface area contributed by atoms with Gasteiger partial charge in [0.15, 0.2) is 0 Å². The van der Waals surface area contributed by atoms with Crippen molar-refractivity contribution in [2.45, 2.75) is 19.4 Å². The number of Topliss-reactive ketones (excluding diaryl/α,β-unsaturated/α-hetero) is 1.